The van der Waals surface area contributed by atoms with Crippen LogP contribution in [0.2, 0.25) is 0 Å². The monoisotopic (exact) mass is 464 g/mol. The van der Waals surface area contributed by atoms with Crippen molar-refractivity contribution in [2.45, 2.75) is 39.2 Å². The van der Waals surface area contributed by atoms with Gasteiger partial charge in [0.15, 0.2) is 5.96 Å². The predicted molar refractivity (Wildman–Crippen MR) is 113 cm³/mol. The maximum Gasteiger partial charge on any atom is 0.191 e. The quantitative estimate of drug-likeness (QED) is 0.239. The third-order valence-corrected chi connectivity index (χ3v) is 4.46. The maximum atomic E-state index is 10.0. The minimum Gasteiger partial charge on any atom is -0.467 e. The van der Waals surface area contributed by atoms with Gasteiger partial charge in [-0.2, -0.15) is 0 Å². The van der Waals surface area contributed by atoms with Crippen LogP contribution in [0, 0.1) is 5.92 Å². The number of halogens is 1. The molecule has 0 aliphatic carbocycles. The van der Waals surface area contributed by atoms with Gasteiger partial charge in [-0.3, -0.25) is 4.99 Å². The molecule has 1 fully saturated rings. The first-order valence-electron chi connectivity index (χ1n) is 9.15. The first-order chi connectivity index (χ1) is 11.7. The number of hydrogen-bond donors (Lipinski definition) is 3. The largest absolute Gasteiger partial charge is 0.467 e. The summed E-state index contributed by atoms with van der Waals surface area (Å²) in [4.78, 5) is 6.98. The standard InChI is InChI=1S/C18H32N4O2.HI/c1-3-19-18(21-14-16(23)17-6-4-13-24-17)20-9-5-10-22-11-7-15(2)8-12-22;/h4,6,13,15-16,23H,3,5,7-12,14H2,1-2H3,(H2,19,20,21);1H. The van der Waals surface area contributed by atoms with E-state index >= 15 is 0 Å². The van der Waals surface area contributed by atoms with Gasteiger partial charge in [0, 0.05) is 13.1 Å². The van der Waals surface area contributed by atoms with Crippen LogP contribution in [0.5, 0.6) is 0 Å². The number of guanidine groups is 1. The average molecular weight is 464 g/mol. The van der Waals surface area contributed by atoms with Gasteiger partial charge in [0.2, 0.25) is 0 Å². The highest BCUT2D eigenvalue weighted by Crippen LogP contribution is 2.15. The van der Waals surface area contributed by atoms with Crippen LogP contribution >= 0.6 is 24.0 Å². The molecule has 0 amide bonds. The fraction of sp³-hybridized carbons (Fsp3) is 0.722. The van der Waals surface area contributed by atoms with Crippen LogP contribution in [0.1, 0.15) is 45.0 Å². The van der Waals surface area contributed by atoms with Crippen molar-refractivity contribution in [3.05, 3.63) is 24.2 Å². The van der Waals surface area contributed by atoms with E-state index in [4.69, 9.17) is 4.42 Å². The molecule has 1 aromatic rings. The third kappa shape index (κ3) is 8.42. The Balaban J connectivity index is 0.00000312. The van der Waals surface area contributed by atoms with E-state index in [1.54, 1.807) is 18.4 Å². The molecular weight excluding hydrogens is 431 g/mol. The molecule has 0 radical (unpaired) electrons. The predicted octanol–water partition coefficient (Wildman–Crippen LogP) is 2.61. The van der Waals surface area contributed by atoms with Gasteiger partial charge >= 0.3 is 0 Å². The Bertz CT molecular complexity index is 473. The van der Waals surface area contributed by atoms with Crippen molar-refractivity contribution in [1.82, 2.24) is 15.5 Å². The number of furan rings is 1. The summed E-state index contributed by atoms with van der Waals surface area (Å²) in [6, 6.07) is 3.53. The summed E-state index contributed by atoms with van der Waals surface area (Å²) in [6.07, 6.45) is 4.60. The number of nitrogens with one attached hydrogen (secondary N) is 2. The lowest BCUT2D eigenvalue weighted by atomic mass is 9.99. The Morgan fingerprint density at radius 3 is 2.80 bits per heavy atom. The number of likely N-dealkylation sites (tertiary alicyclic amines) is 1. The van der Waals surface area contributed by atoms with Gasteiger partial charge in [-0.25, -0.2) is 0 Å². The lowest BCUT2D eigenvalue weighted by Crippen LogP contribution is -2.40. The van der Waals surface area contributed by atoms with Crippen molar-refractivity contribution in [1.29, 1.82) is 0 Å². The molecule has 0 saturated carbocycles. The summed E-state index contributed by atoms with van der Waals surface area (Å²) in [5.74, 6) is 2.18. The Kier molecular flexibility index (Phi) is 11.2. The van der Waals surface area contributed by atoms with Crippen LogP contribution < -0.4 is 10.6 Å². The van der Waals surface area contributed by atoms with Crippen LogP contribution in [-0.4, -0.2) is 55.2 Å². The smallest absolute Gasteiger partial charge is 0.191 e. The lowest BCUT2D eigenvalue weighted by Gasteiger charge is -2.30. The molecule has 25 heavy (non-hydrogen) atoms. The molecular formula is C18H33IN4O2. The van der Waals surface area contributed by atoms with Gasteiger partial charge < -0.3 is 25.1 Å². The molecule has 2 rings (SSSR count). The zero-order valence-electron chi connectivity index (χ0n) is 15.4. The number of rotatable bonds is 8. The van der Waals surface area contributed by atoms with Crippen LogP contribution in [-0.2, 0) is 0 Å². The minimum atomic E-state index is -0.703. The summed E-state index contributed by atoms with van der Waals surface area (Å²) in [5, 5.41) is 16.6. The van der Waals surface area contributed by atoms with Crippen molar-refractivity contribution in [3.63, 3.8) is 0 Å². The summed E-state index contributed by atoms with van der Waals surface area (Å²) in [5.41, 5.74) is 0. The highest BCUT2D eigenvalue weighted by Gasteiger charge is 2.15. The van der Waals surface area contributed by atoms with E-state index in [1.807, 2.05) is 6.92 Å². The zero-order chi connectivity index (χ0) is 17.2. The molecule has 0 bridgehead atoms. The van der Waals surface area contributed by atoms with Gasteiger partial charge in [-0.1, -0.05) is 6.92 Å². The fourth-order valence-electron chi connectivity index (χ4n) is 2.89. The Hall–Kier alpha value is -0.800. The lowest BCUT2D eigenvalue weighted by molar-refractivity contribution is 0.158. The zero-order valence-corrected chi connectivity index (χ0v) is 17.7. The summed E-state index contributed by atoms with van der Waals surface area (Å²) in [7, 11) is 0. The van der Waals surface area contributed by atoms with Crippen molar-refractivity contribution in [2.75, 3.05) is 39.3 Å². The van der Waals surface area contributed by atoms with Crippen LogP contribution in [0.15, 0.2) is 27.8 Å². The molecule has 6 nitrogen and oxygen atoms in total. The first kappa shape index (κ1) is 22.2. The SMILES string of the molecule is CCNC(=NCC(O)c1ccco1)NCCCN1CCC(C)CC1.I. The van der Waals surface area contributed by atoms with E-state index in [0.29, 0.717) is 5.76 Å². The normalized spacial score (nSPS) is 17.8. The maximum absolute atomic E-state index is 10.0. The molecule has 1 unspecified atom stereocenters. The topological polar surface area (TPSA) is 73.0 Å². The van der Waals surface area contributed by atoms with E-state index in [2.05, 4.69) is 27.4 Å². The molecule has 1 aliphatic heterocycles. The molecule has 7 heteroatoms. The molecule has 144 valence electrons. The van der Waals surface area contributed by atoms with Crippen LogP contribution in [0.25, 0.3) is 0 Å². The Morgan fingerprint density at radius 1 is 1.40 bits per heavy atom. The summed E-state index contributed by atoms with van der Waals surface area (Å²) < 4.78 is 5.20. The third-order valence-electron chi connectivity index (χ3n) is 4.46. The van der Waals surface area contributed by atoms with E-state index in [-0.39, 0.29) is 30.5 Å². The number of aliphatic imine (C=N–C) groups is 1. The average Bonchev–Trinajstić information content (AvgIpc) is 3.12. The molecule has 1 aliphatic rings. The molecule has 0 aromatic carbocycles. The van der Waals surface area contributed by atoms with Gasteiger partial charge in [0.1, 0.15) is 11.9 Å². The number of aliphatic hydroxyl groups is 1. The Labute approximate surface area is 168 Å². The van der Waals surface area contributed by atoms with Crippen molar-refractivity contribution < 1.29 is 9.52 Å². The highest BCUT2D eigenvalue weighted by atomic mass is 127. The molecule has 1 aromatic heterocycles. The van der Waals surface area contributed by atoms with Gasteiger partial charge in [0.25, 0.3) is 0 Å². The van der Waals surface area contributed by atoms with Crippen molar-refractivity contribution in [3.8, 4) is 0 Å². The van der Waals surface area contributed by atoms with E-state index in [1.165, 1.54) is 25.9 Å². The van der Waals surface area contributed by atoms with Gasteiger partial charge in [0.05, 0.1) is 12.8 Å². The van der Waals surface area contributed by atoms with E-state index in [9.17, 15) is 5.11 Å². The first-order valence-corrected chi connectivity index (χ1v) is 9.15. The van der Waals surface area contributed by atoms with Crippen molar-refractivity contribution in [2.24, 2.45) is 10.9 Å². The number of aliphatic hydroxyl groups excluding tert-OH is 1. The van der Waals surface area contributed by atoms with Crippen LogP contribution in [0.3, 0.4) is 0 Å². The van der Waals surface area contributed by atoms with Crippen LogP contribution in [0.4, 0.5) is 0 Å². The van der Waals surface area contributed by atoms with Crippen molar-refractivity contribution >= 4 is 29.9 Å². The van der Waals surface area contributed by atoms with Gasteiger partial charge in [-0.05, 0) is 63.9 Å². The van der Waals surface area contributed by atoms with E-state index < -0.39 is 6.10 Å². The second-order valence-electron chi connectivity index (χ2n) is 6.56. The number of piperidine rings is 1. The second-order valence-corrected chi connectivity index (χ2v) is 6.56. The molecule has 0 spiro atoms. The molecule has 1 saturated heterocycles. The Morgan fingerprint density at radius 2 is 2.16 bits per heavy atom. The fourth-order valence-corrected chi connectivity index (χ4v) is 2.89. The number of nitrogens with zero attached hydrogens (tertiary/aromatic N) is 2. The molecule has 2 heterocycles. The molecule has 3 N–H and O–H groups in total. The minimum absolute atomic E-state index is 0. The summed E-state index contributed by atoms with van der Waals surface area (Å²) >= 11 is 0. The van der Waals surface area contributed by atoms with E-state index in [0.717, 1.165) is 37.9 Å². The number of hydrogen-bond acceptors (Lipinski definition) is 4. The highest BCUT2D eigenvalue weighted by molar-refractivity contribution is 14.0. The summed E-state index contributed by atoms with van der Waals surface area (Å²) in [6.45, 7) is 9.93. The second kappa shape index (κ2) is 12.5. The van der Waals surface area contributed by atoms with Gasteiger partial charge in [-0.15, -0.1) is 24.0 Å². The molecule has 1 atom stereocenters.